The fraction of sp³-hybridized carbons (Fsp3) is 0.450. The molecule has 2 N–H and O–H groups in total. The Kier molecular flexibility index (Phi) is 8.53. The van der Waals surface area contributed by atoms with Gasteiger partial charge in [-0.2, -0.15) is 4.72 Å². The Hall–Kier alpha value is -2.32. The molecule has 0 saturated heterocycles. The number of amides is 1. The van der Waals surface area contributed by atoms with Gasteiger partial charge in [-0.15, -0.1) is 0 Å². The monoisotopic (exact) mass is 408 g/mol. The van der Waals surface area contributed by atoms with E-state index >= 15 is 0 Å². The minimum atomic E-state index is -3.83. The lowest BCUT2D eigenvalue weighted by molar-refractivity contribution is -0.121. The smallest absolute Gasteiger partial charge is 0.241 e. The van der Waals surface area contributed by atoms with Gasteiger partial charge >= 0.3 is 0 Å². The number of hydrogen-bond donors (Lipinski definition) is 2. The van der Waals surface area contributed by atoms with Gasteiger partial charge in [0.05, 0.1) is 30.7 Å². The maximum Gasteiger partial charge on any atom is 0.241 e. The van der Waals surface area contributed by atoms with Crippen molar-refractivity contribution in [2.24, 2.45) is 0 Å². The standard InChI is InChI=1S/C20H28N2O5S/c1-3-4-5-6-13-21-20(23)15-18(19-8-7-14-27-19)22-28(24,25)17-11-9-16(26-2)10-12-17/h7-12,14,18,22H,3-6,13,15H2,1-2H3,(H,21,23)/t18-/m1/s1. The van der Waals surface area contributed by atoms with Gasteiger partial charge in [-0.25, -0.2) is 8.42 Å². The Morgan fingerprint density at radius 3 is 2.50 bits per heavy atom. The summed E-state index contributed by atoms with van der Waals surface area (Å²) in [6.45, 7) is 2.70. The van der Waals surface area contributed by atoms with Crippen LogP contribution in [0.15, 0.2) is 52.0 Å². The molecule has 154 valence electrons. The fourth-order valence-corrected chi connectivity index (χ4v) is 3.94. The molecule has 1 heterocycles. The second kappa shape index (κ2) is 10.9. The molecule has 0 bridgehead atoms. The molecule has 0 unspecified atom stereocenters. The summed E-state index contributed by atoms with van der Waals surface area (Å²) >= 11 is 0. The highest BCUT2D eigenvalue weighted by molar-refractivity contribution is 7.89. The predicted octanol–water partition coefficient (Wildman–Crippen LogP) is 3.39. The maximum absolute atomic E-state index is 12.7. The first-order valence-electron chi connectivity index (χ1n) is 9.42. The molecule has 7 nitrogen and oxygen atoms in total. The van der Waals surface area contributed by atoms with Gasteiger partial charge in [0.15, 0.2) is 0 Å². The quantitative estimate of drug-likeness (QED) is 0.525. The van der Waals surface area contributed by atoms with Crippen LogP contribution in [0.1, 0.15) is 50.8 Å². The molecular formula is C20H28N2O5S. The molecule has 0 aliphatic rings. The van der Waals surface area contributed by atoms with Crippen molar-refractivity contribution in [3.63, 3.8) is 0 Å². The van der Waals surface area contributed by atoms with Crippen molar-refractivity contribution >= 4 is 15.9 Å². The van der Waals surface area contributed by atoms with E-state index in [4.69, 9.17) is 9.15 Å². The highest BCUT2D eigenvalue weighted by Gasteiger charge is 2.25. The van der Waals surface area contributed by atoms with Crippen LogP contribution in [0.2, 0.25) is 0 Å². The number of nitrogens with one attached hydrogen (secondary N) is 2. The molecule has 1 atom stereocenters. The molecule has 0 saturated carbocycles. The first-order valence-corrected chi connectivity index (χ1v) is 10.9. The Balaban J connectivity index is 2.03. The molecule has 0 radical (unpaired) electrons. The number of hydrogen-bond acceptors (Lipinski definition) is 5. The number of furan rings is 1. The van der Waals surface area contributed by atoms with Crippen molar-refractivity contribution in [3.8, 4) is 5.75 Å². The van der Waals surface area contributed by atoms with Gasteiger partial charge in [-0.3, -0.25) is 4.79 Å². The molecule has 28 heavy (non-hydrogen) atoms. The first-order chi connectivity index (χ1) is 13.5. The number of carbonyl (C=O) groups is 1. The maximum atomic E-state index is 12.7. The summed E-state index contributed by atoms with van der Waals surface area (Å²) in [5, 5.41) is 2.84. The zero-order valence-corrected chi connectivity index (χ0v) is 17.1. The molecule has 0 aliphatic heterocycles. The molecule has 0 fully saturated rings. The molecule has 1 aromatic heterocycles. The topological polar surface area (TPSA) is 97.6 Å². The summed E-state index contributed by atoms with van der Waals surface area (Å²) in [7, 11) is -2.32. The lowest BCUT2D eigenvalue weighted by Gasteiger charge is -2.17. The van der Waals surface area contributed by atoms with Gasteiger partial charge in [0.2, 0.25) is 15.9 Å². The molecule has 1 amide bonds. The van der Waals surface area contributed by atoms with Crippen molar-refractivity contribution in [2.45, 2.75) is 50.0 Å². The molecule has 1 aromatic carbocycles. The highest BCUT2D eigenvalue weighted by atomic mass is 32.2. The van der Waals surface area contributed by atoms with Crippen LogP contribution in [0, 0.1) is 0 Å². The van der Waals surface area contributed by atoms with Crippen LogP contribution in [0.4, 0.5) is 0 Å². The van der Waals surface area contributed by atoms with E-state index in [9.17, 15) is 13.2 Å². The number of methoxy groups -OCH3 is 1. The van der Waals surface area contributed by atoms with E-state index in [2.05, 4.69) is 17.0 Å². The number of carbonyl (C=O) groups excluding carboxylic acids is 1. The second-order valence-electron chi connectivity index (χ2n) is 6.48. The van der Waals surface area contributed by atoms with Gasteiger partial charge in [-0.05, 0) is 42.8 Å². The molecular weight excluding hydrogens is 380 g/mol. The van der Waals surface area contributed by atoms with Gasteiger partial charge in [0.1, 0.15) is 11.5 Å². The van der Waals surface area contributed by atoms with Crippen molar-refractivity contribution < 1.29 is 22.4 Å². The average molecular weight is 409 g/mol. The molecule has 2 aromatic rings. The van der Waals surface area contributed by atoms with Gasteiger partial charge in [0, 0.05) is 6.54 Å². The third kappa shape index (κ3) is 6.69. The number of benzene rings is 1. The zero-order valence-electron chi connectivity index (χ0n) is 16.3. The van der Waals surface area contributed by atoms with Gasteiger partial charge in [-0.1, -0.05) is 26.2 Å². The third-order valence-electron chi connectivity index (χ3n) is 4.30. The van der Waals surface area contributed by atoms with Crippen molar-refractivity contribution in [1.29, 1.82) is 0 Å². The molecule has 2 rings (SSSR count). The summed E-state index contributed by atoms with van der Waals surface area (Å²) in [5.41, 5.74) is 0. The minimum absolute atomic E-state index is 0.0450. The van der Waals surface area contributed by atoms with Crippen LogP contribution in [-0.4, -0.2) is 28.0 Å². The largest absolute Gasteiger partial charge is 0.497 e. The van der Waals surface area contributed by atoms with E-state index in [0.717, 1.165) is 25.7 Å². The minimum Gasteiger partial charge on any atom is -0.497 e. The summed E-state index contributed by atoms with van der Waals surface area (Å²) in [5.74, 6) is 0.720. The van der Waals surface area contributed by atoms with E-state index in [1.54, 1.807) is 24.3 Å². The van der Waals surface area contributed by atoms with E-state index in [0.29, 0.717) is 18.1 Å². The van der Waals surface area contributed by atoms with Crippen LogP contribution in [-0.2, 0) is 14.8 Å². The van der Waals surface area contributed by atoms with E-state index < -0.39 is 16.1 Å². The van der Waals surface area contributed by atoms with E-state index in [-0.39, 0.29) is 17.2 Å². The van der Waals surface area contributed by atoms with Crippen molar-refractivity contribution in [2.75, 3.05) is 13.7 Å². The first kappa shape index (κ1) is 22.0. The van der Waals surface area contributed by atoms with Crippen LogP contribution in [0.25, 0.3) is 0 Å². The lowest BCUT2D eigenvalue weighted by atomic mass is 10.1. The predicted molar refractivity (Wildman–Crippen MR) is 107 cm³/mol. The zero-order chi connectivity index (χ0) is 20.4. The van der Waals surface area contributed by atoms with Crippen LogP contribution < -0.4 is 14.8 Å². The Morgan fingerprint density at radius 1 is 1.14 bits per heavy atom. The fourth-order valence-electron chi connectivity index (χ4n) is 2.74. The van der Waals surface area contributed by atoms with E-state index in [1.165, 1.54) is 25.5 Å². The molecule has 0 aliphatic carbocycles. The number of ether oxygens (including phenoxy) is 1. The number of unbranched alkanes of at least 4 members (excludes halogenated alkanes) is 3. The molecule has 8 heteroatoms. The van der Waals surface area contributed by atoms with Crippen LogP contribution in [0.3, 0.4) is 0 Å². The number of sulfonamides is 1. The van der Waals surface area contributed by atoms with Gasteiger partial charge < -0.3 is 14.5 Å². The summed E-state index contributed by atoms with van der Waals surface area (Å²) in [6.07, 6.45) is 5.63. The lowest BCUT2D eigenvalue weighted by Crippen LogP contribution is -2.34. The summed E-state index contributed by atoms with van der Waals surface area (Å²) < 4.78 is 38.4. The number of rotatable bonds is 12. The van der Waals surface area contributed by atoms with Gasteiger partial charge in [0.25, 0.3) is 0 Å². The molecule has 0 spiro atoms. The SMILES string of the molecule is CCCCCCNC(=O)C[C@@H](NS(=O)(=O)c1ccc(OC)cc1)c1ccco1. The average Bonchev–Trinajstić information content (AvgIpc) is 3.22. The van der Waals surface area contributed by atoms with E-state index in [1.807, 2.05) is 0 Å². The van der Waals surface area contributed by atoms with Crippen molar-refractivity contribution in [3.05, 3.63) is 48.4 Å². The highest BCUT2D eigenvalue weighted by Crippen LogP contribution is 2.22. The Bertz CT molecular complexity index is 817. The Labute approximate surface area is 166 Å². The third-order valence-corrected chi connectivity index (χ3v) is 5.78. The normalized spacial score (nSPS) is 12.5. The van der Waals surface area contributed by atoms with Crippen LogP contribution >= 0.6 is 0 Å². The summed E-state index contributed by atoms with van der Waals surface area (Å²) in [6, 6.07) is 8.56. The second-order valence-corrected chi connectivity index (χ2v) is 8.19. The Morgan fingerprint density at radius 2 is 1.89 bits per heavy atom. The van der Waals surface area contributed by atoms with Crippen molar-refractivity contribution in [1.82, 2.24) is 10.0 Å². The van der Waals surface area contributed by atoms with Crippen LogP contribution in [0.5, 0.6) is 5.75 Å². The summed E-state index contributed by atoms with van der Waals surface area (Å²) in [4.78, 5) is 12.4.